The van der Waals surface area contributed by atoms with Crippen molar-refractivity contribution in [3.8, 4) is 0 Å². The summed E-state index contributed by atoms with van der Waals surface area (Å²) in [7, 11) is 0. The molecule has 0 bridgehead atoms. The molecule has 0 saturated carbocycles. The molecule has 0 amide bonds. The first-order chi connectivity index (χ1) is 10.5. The van der Waals surface area contributed by atoms with Crippen LogP contribution in [-0.4, -0.2) is 12.5 Å². The molecular formula is C17H13F3OS. The quantitative estimate of drug-likeness (QED) is 0.526. The molecule has 0 fully saturated rings. The van der Waals surface area contributed by atoms with Gasteiger partial charge in [0, 0.05) is 4.70 Å². The Hall–Kier alpha value is -2.14. The van der Waals surface area contributed by atoms with Gasteiger partial charge in [-0.2, -0.15) is 13.2 Å². The Morgan fingerprint density at radius 3 is 2.64 bits per heavy atom. The SMILES string of the molecule is C=C/C=C\C(=C/Cc1c(C=O)sc2ccccc12)C(F)(F)F. The molecule has 0 radical (unpaired) electrons. The molecule has 2 aromatic rings. The van der Waals surface area contributed by atoms with Crippen molar-refractivity contribution in [2.24, 2.45) is 0 Å². The minimum absolute atomic E-state index is 0.0500. The molecule has 2 rings (SSSR count). The van der Waals surface area contributed by atoms with Crippen molar-refractivity contribution in [3.05, 3.63) is 71.2 Å². The third-order valence-corrected chi connectivity index (χ3v) is 4.24. The number of carbonyl (C=O) groups excluding carboxylic acids is 1. The topological polar surface area (TPSA) is 17.1 Å². The van der Waals surface area contributed by atoms with E-state index in [0.29, 0.717) is 16.7 Å². The normalized spacial score (nSPS) is 13.0. The van der Waals surface area contributed by atoms with Crippen molar-refractivity contribution in [3.63, 3.8) is 0 Å². The van der Waals surface area contributed by atoms with Gasteiger partial charge in [0.05, 0.1) is 10.5 Å². The molecule has 1 heterocycles. The van der Waals surface area contributed by atoms with Crippen LogP contribution < -0.4 is 0 Å². The molecule has 1 nitrogen and oxygen atoms in total. The number of halogens is 3. The average Bonchev–Trinajstić information content (AvgIpc) is 2.84. The first-order valence-electron chi connectivity index (χ1n) is 6.49. The second-order valence-corrected chi connectivity index (χ2v) is 5.60. The van der Waals surface area contributed by atoms with E-state index in [1.165, 1.54) is 23.5 Å². The maximum Gasteiger partial charge on any atom is 0.416 e. The van der Waals surface area contributed by atoms with E-state index < -0.39 is 11.7 Å². The van der Waals surface area contributed by atoms with E-state index in [-0.39, 0.29) is 6.42 Å². The molecule has 1 aromatic carbocycles. The van der Waals surface area contributed by atoms with E-state index in [1.807, 2.05) is 18.2 Å². The summed E-state index contributed by atoms with van der Waals surface area (Å²) in [6.07, 6.45) is 0.910. The van der Waals surface area contributed by atoms with Crippen LogP contribution in [0, 0.1) is 0 Å². The smallest absolute Gasteiger partial charge is 0.297 e. The van der Waals surface area contributed by atoms with Crippen LogP contribution in [0.4, 0.5) is 13.2 Å². The van der Waals surface area contributed by atoms with Gasteiger partial charge < -0.3 is 0 Å². The van der Waals surface area contributed by atoms with E-state index in [2.05, 4.69) is 6.58 Å². The Balaban J connectivity index is 2.44. The summed E-state index contributed by atoms with van der Waals surface area (Å²) in [4.78, 5) is 11.6. The van der Waals surface area contributed by atoms with Gasteiger partial charge in [0.2, 0.25) is 0 Å². The molecule has 22 heavy (non-hydrogen) atoms. The van der Waals surface area contributed by atoms with E-state index in [1.54, 1.807) is 6.07 Å². The van der Waals surface area contributed by atoms with E-state index >= 15 is 0 Å². The molecule has 114 valence electrons. The number of benzene rings is 1. The van der Waals surface area contributed by atoms with E-state index in [9.17, 15) is 18.0 Å². The monoisotopic (exact) mass is 322 g/mol. The van der Waals surface area contributed by atoms with Crippen LogP contribution in [0.2, 0.25) is 0 Å². The maximum absolute atomic E-state index is 12.9. The highest BCUT2D eigenvalue weighted by Crippen LogP contribution is 2.32. The largest absolute Gasteiger partial charge is 0.416 e. The standard InChI is InChI=1S/C17H13F3OS/c1-2-3-6-12(17(18,19)20)9-10-14-13-7-4-5-8-15(13)22-16(14)11-21/h2-9,11H,1,10H2/b6-3-,12-9+. The number of hydrogen-bond donors (Lipinski definition) is 0. The number of fused-ring (bicyclic) bond motifs is 1. The highest BCUT2D eigenvalue weighted by atomic mass is 32.1. The van der Waals surface area contributed by atoms with Gasteiger partial charge in [-0.3, -0.25) is 4.79 Å². The van der Waals surface area contributed by atoms with Gasteiger partial charge in [-0.25, -0.2) is 0 Å². The third-order valence-electron chi connectivity index (χ3n) is 3.10. The third kappa shape index (κ3) is 3.54. The average molecular weight is 322 g/mol. The lowest BCUT2D eigenvalue weighted by Crippen LogP contribution is -2.10. The summed E-state index contributed by atoms with van der Waals surface area (Å²) >= 11 is 1.29. The second kappa shape index (κ2) is 6.75. The number of allylic oxidation sites excluding steroid dienone is 5. The number of hydrogen-bond acceptors (Lipinski definition) is 2. The molecule has 1 aromatic heterocycles. The lowest BCUT2D eigenvalue weighted by atomic mass is 10.1. The van der Waals surface area contributed by atoms with Crippen LogP contribution in [0.1, 0.15) is 15.2 Å². The maximum atomic E-state index is 12.9. The van der Waals surface area contributed by atoms with Gasteiger partial charge in [-0.15, -0.1) is 11.3 Å². The number of carbonyl (C=O) groups is 1. The van der Waals surface area contributed by atoms with Crippen LogP contribution in [0.5, 0.6) is 0 Å². The summed E-state index contributed by atoms with van der Waals surface area (Å²) in [6.45, 7) is 3.37. The fourth-order valence-corrected chi connectivity index (χ4v) is 3.13. The van der Waals surface area contributed by atoms with Gasteiger partial charge in [0.25, 0.3) is 0 Å². The van der Waals surface area contributed by atoms with Crippen molar-refractivity contribution in [2.75, 3.05) is 0 Å². The van der Waals surface area contributed by atoms with Crippen LogP contribution >= 0.6 is 11.3 Å². The van der Waals surface area contributed by atoms with Crippen molar-refractivity contribution < 1.29 is 18.0 Å². The summed E-state index contributed by atoms with van der Waals surface area (Å²) < 4.78 is 39.7. The second-order valence-electron chi connectivity index (χ2n) is 4.52. The van der Waals surface area contributed by atoms with Gasteiger partial charge in [0.15, 0.2) is 6.29 Å². The molecule has 0 atom stereocenters. The molecule has 0 aliphatic carbocycles. The Morgan fingerprint density at radius 2 is 2.00 bits per heavy atom. The Bertz CT molecular complexity index is 751. The zero-order valence-electron chi connectivity index (χ0n) is 11.6. The lowest BCUT2D eigenvalue weighted by molar-refractivity contribution is -0.0883. The predicted molar refractivity (Wildman–Crippen MR) is 84.4 cm³/mol. The van der Waals surface area contributed by atoms with E-state index in [0.717, 1.165) is 22.2 Å². The number of alkyl halides is 3. The summed E-state index contributed by atoms with van der Waals surface area (Å²) in [5, 5.41) is 0.820. The molecule has 0 saturated heterocycles. The molecular weight excluding hydrogens is 309 g/mol. The van der Waals surface area contributed by atoms with Crippen LogP contribution in [0.15, 0.2) is 60.7 Å². The Morgan fingerprint density at radius 1 is 1.27 bits per heavy atom. The van der Waals surface area contributed by atoms with Gasteiger partial charge in [-0.1, -0.05) is 49.1 Å². The molecule has 0 unspecified atom stereocenters. The van der Waals surface area contributed by atoms with Crippen LogP contribution in [0.3, 0.4) is 0 Å². The zero-order valence-corrected chi connectivity index (χ0v) is 12.4. The molecule has 0 N–H and O–H groups in total. The molecule has 0 aliphatic heterocycles. The van der Waals surface area contributed by atoms with Crippen LogP contribution in [-0.2, 0) is 6.42 Å². The summed E-state index contributed by atoms with van der Waals surface area (Å²) in [5.41, 5.74) is -0.121. The molecule has 0 aliphatic rings. The van der Waals surface area contributed by atoms with Gasteiger partial charge in [-0.05, 0) is 23.4 Å². The van der Waals surface area contributed by atoms with Gasteiger partial charge >= 0.3 is 6.18 Å². The zero-order chi connectivity index (χ0) is 16.2. The summed E-state index contributed by atoms with van der Waals surface area (Å²) in [5.74, 6) is 0. The van der Waals surface area contributed by atoms with Crippen molar-refractivity contribution in [1.82, 2.24) is 0 Å². The highest BCUT2D eigenvalue weighted by molar-refractivity contribution is 7.20. The molecule has 5 heteroatoms. The van der Waals surface area contributed by atoms with Crippen molar-refractivity contribution in [2.45, 2.75) is 12.6 Å². The first-order valence-corrected chi connectivity index (χ1v) is 7.31. The van der Waals surface area contributed by atoms with Crippen LogP contribution in [0.25, 0.3) is 10.1 Å². The van der Waals surface area contributed by atoms with Gasteiger partial charge in [0.1, 0.15) is 0 Å². The predicted octanol–water partition coefficient (Wildman–Crippen LogP) is 5.49. The minimum atomic E-state index is -4.44. The number of thiophene rings is 1. The molecule has 0 spiro atoms. The van der Waals surface area contributed by atoms with Crippen molar-refractivity contribution >= 4 is 27.7 Å². The fraction of sp³-hybridized carbons (Fsp3) is 0.118. The van der Waals surface area contributed by atoms with E-state index in [4.69, 9.17) is 0 Å². The number of aldehydes is 1. The number of rotatable bonds is 5. The highest BCUT2D eigenvalue weighted by Gasteiger charge is 2.31. The fourth-order valence-electron chi connectivity index (χ4n) is 2.09. The van der Waals surface area contributed by atoms with Crippen molar-refractivity contribution in [1.29, 1.82) is 0 Å². The Kier molecular flexibility index (Phi) is 4.98. The first kappa shape index (κ1) is 16.2. The Labute approximate surface area is 130 Å². The minimum Gasteiger partial charge on any atom is -0.297 e. The lowest BCUT2D eigenvalue weighted by Gasteiger charge is -2.07. The summed E-state index contributed by atoms with van der Waals surface area (Å²) in [6, 6.07) is 7.30.